The first-order valence-electron chi connectivity index (χ1n) is 6.30. The minimum atomic E-state index is -0.949. The molecular formula is C13H15ClF2N2O2. The standard InChI is InChI=1S/C13H15ClF2N2O2/c14-8-5-9(15)11(10(16)6-8)17-12(20)18-13(7-19)3-1-2-4-13/h5-6,19H,1-4,7H2,(H2,17,18,20). The third-order valence-electron chi connectivity index (χ3n) is 3.49. The number of anilines is 1. The number of rotatable bonds is 3. The van der Waals surface area contributed by atoms with Crippen LogP contribution in [0.1, 0.15) is 25.7 Å². The molecule has 0 spiro atoms. The lowest BCUT2D eigenvalue weighted by Gasteiger charge is -2.28. The van der Waals surface area contributed by atoms with Gasteiger partial charge >= 0.3 is 6.03 Å². The smallest absolute Gasteiger partial charge is 0.319 e. The lowest BCUT2D eigenvalue weighted by molar-refractivity contribution is 0.167. The van der Waals surface area contributed by atoms with Gasteiger partial charge in [0.25, 0.3) is 0 Å². The fourth-order valence-electron chi connectivity index (χ4n) is 2.42. The van der Waals surface area contributed by atoms with Gasteiger partial charge < -0.3 is 15.7 Å². The highest BCUT2D eigenvalue weighted by atomic mass is 35.5. The van der Waals surface area contributed by atoms with E-state index in [0.29, 0.717) is 12.8 Å². The Morgan fingerprint density at radius 1 is 1.30 bits per heavy atom. The molecule has 0 saturated heterocycles. The van der Waals surface area contributed by atoms with Crippen LogP contribution in [0, 0.1) is 11.6 Å². The van der Waals surface area contributed by atoms with Crippen molar-refractivity contribution in [1.29, 1.82) is 0 Å². The minimum absolute atomic E-state index is 0.0893. The summed E-state index contributed by atoms with van der Waals surface area (Å²) in [5, 5.41) is 14.0. The SMILES string of the molecule is O=C(Nc1c(F)cc(Cl)cc1F)NC1(CO)CCCC1. The predicted octanol–water partition coefficient (Wildman–Crippen LogP) is 3.04. The van der Waals surface area contributed by atoms with Crippen LogP contribution in [0.15, 0.2) is 12.1 Å². The molecule has 4 nitrogen and oxygen atoms in total. The van der Waals surface area contributed by atoms with Crippen molar-refractivity contribution in [2.45, 2.75) is 31.2 Å². The van der Waals surface area contributed by atoms with E-state index in [-0.39, 0.29) is 11.6 Å². The molecule has 0 unspecified atom stereocenters. The first-order chi connectivity index (χ1) is 9.46. The van der Waals surface area contributed by atoms with E-state index in [9.17, 15) is 18.7 Å². The zero-order valence-corrected chi connectivity index (χ0v) is 11.4. The average molecular weight is 305 g/mol. The predicted molar refractivity (Wildman–Crippen MR) is 71.8 cm³/mol. The Hall–Kier alpha value is -1.40. The molecule has 20 heavy (non-hydrogen) atoms. The molecule has 3 N–H and O–H groups in total. The second kappa shape index (κ2) is 5.93. The fraction of sp³-hybridized carbons (Fsp3) is 0.462. The van der Waals surface area contributed by atoms with Crippen LogP contribution in [0.3, 0.4) is 0 Å². The van der Waals surface area contributed by atoms with Gasteiger partial charge in [0.1, 0.15) is 5.69 Å². The Balaban J connectivity index is 2.08. The number of carbonyl (C=O) groups is 1. The summed E-state index contributed by atoms with van der Waals surface area (Å²) in [6.07, 6.45) is 3.07. The lowest BCUT2D eigenvalue weighted by Crippen LogP contribution is -2.50. The van der Waals surface area contributed by atoms with Crippen LogP contribution in [-0.4, -0.2) is 23.3 Å². The summed E-state index contributed by atoms with van der Waals surface area (Å²) in [7, 11) is 0. The van der Waals surface area contributed by atoms with Crippen molar-refractivity contribution in [3.8, 4) is 0 Å². The van der Waals surface area contributed by atoms with Gasteiger partial charge in [0, 0.05) is 5.02 Å². The topological polar surface area (TPSA) is 61.4 Å². The van der Waals surface area contributed by atoms with Crippen LogP contribution in [0.2, 0.25) is 5.02 Å². The number of carbonyl (C=O) groups excluding carboxylic acids is 1. The summed E-state index contributed by atoms with van der Waals surface area (Å²) in [5.41, 5.74) is -1.26. The van der Waals surface area contributed by atoms with E-state index in [0.717, 1.165) is 25.0 Å². The summed E-state index contributed by atoms with van der Waals surface area (Å²) >= 11 is 5.50. The van der Waals surface area contributed by atoms with Crippen molar-refractivity contribution in [2.75, 3.05) is 11.9 Å². The molecule has 7 heteroatoms. The zero-order chi connectivity index (χ0) is 14.8. The Kier molecular flexibility index (Phi) is 4.45. The highest BCUT2D eigenvalue weighted by Crippen LogP contribution is 2.29. The molecule has 2 rings (SSSR count). The maximum atomic E-state index is 13.5. The number of nitrogens with one attached hydrogen (secondary N) is 2. The number of halogens is 3. The van der Waals surface area contributed by atoms with Gasteiger partial charge in [-0.25, -0.2) is 13.6 Å². The normalized spacial score (nSPS) is 17.0. The van der Waals surface area contributed by atoms with Crippen LogP contribution >= 0.6 is 11.6 Å². The molecule has 110 valence electrons. The van der Waals surface area contributed by atoms with Crippen molar-refractivity contribution in [1.82, 2.24) is 5.32 Å². The molecular weight excluding hydrogens is 290 g/mol. The Labute approximate surface area is 120 Å². The molecule has 0 aromatic heterocycles. The summed E-state index contributed by atoms with van der Waals surface area (Å²) in [6.45, 7) is -0.202. The van der Waals surface area contributed by atoms with Crippen molar-refractivity contribution < 1.29 is 18.7 Å². The lowest BCUT2D eigenvalue weighted by atomic mass is 9.99. The Morgan fingerprint density at radius 2 is 1.85 bits per heavy atom. The molecule has 0 heterocycles. The van der Waals surface area contributed by atoms with E-state index in [1.54, 1.807) is 0 Å². The number of hydrogen-bond donors (Lipinski definition) is 3. The van der Waals surface area contributed by atoms with Crippen LogP contribution in [0.4, 0.5) is 19.3 Å². The number of urea groups is 1. The van der Waals surface area contributed by atoms with Crippen molar-refractivity contribution in [3.63, 3.8) is 0 Å². The maximum absolute atomic E-state index is 13.5. The van der Waals surface area contributed by atoms with Gasteiger partial charge in [-0.05, 0) is 25.0 Å². The zero-order valence-electron chi connectivity index (χ0n) is 10.7. The molecule has 0 bridgehead atoms. The first kappa shape index (κ1) is 15.0. The minimum Gasteiger partial charge on any atom is -0.394 e. The van der Waals surface area contributed by atoms with Gasteiger partial charge in [-0.3, -0.25) is 0 Å². The van der Waals surface area contributed by atoms with Gasteiger partial charge in [-0.1, -0.05) is 24.4 Å². The molecule has 0 aliphatic heterocycles. The van der Waals surface area contributed by atoms with Crippen LogP contribution in [0.5, 0.6) is 0 Å². The highest BCUT2D eigenvalue weighted by Gasteiger charge is 2.34. The molecule has 0 atom stereocenters. The highest BCUT2D eigenvalue weighted by molar-refractivity contribution is 6.30. The largest absolute Gasteiger partial charge is 0.394 e. The Bertz CT molecular complexity index is 496. The second-order valence-corrected chi connectivity index (χ2v) is 5.41. The number of hydrogen-bond acceptors (Lipinski definition) is 2. The maximum Gasteiger partial charge on any atom is 0.319 e. The van der Waals surface area contributed by atoms with Crippen molar-refractivity contribution >= 4 is 23.3 Å². The number of amides is 2. The van der Waals surface area contributed by atoms with Gasteiger partial charge in [-0.2, -0.15) is 0 Å². The summed E-state index contributed by atoms with van der Waals surface area (Å²) in [5.74, 6) is -1.90. The van der Waals surface area contributed by atoms with Gasteiger partial charge in [0.05, 0.1) is 12.1 Å². The van der Waals surface area contributed by atoms with Crippen molar-refractivity contribution in [2.24, 2.45) is 0 Å². The fourth-order valence-corrected chi connectivity index (χ4v) is 2.61. The second-order valence-electron chi connectivity index (χ2n) is 4.97. The van der Waals surface area contributed by atoms with Gasteiger partial charge in [-0.15, -0.1) is 0 Å². The van der Waals surface area contributed by atoms with E-state index < -0.39 is 28.9 Å². The summed E-state index contributed by atoms with van der Waals surface area (Å²) in [6, 6.07) is 1.08. The third-order valence-corrected chi connectivity index (χ3v) is 3.71. The van der Waals surface area contributed by atoms with Crippen molar-refractivity contribution in [3.05, 3.63) is 28.8 Å². The molecule has 0 radical (unpaired) electrons. The summed E-state index contributed by atoms with van der Waals surface area (Å²) in [4.78, 5) is 11.8. The first-order valence-corrected chi connectivity index (χ1v) is 6.68. The molecule has 1 aromatic carbocycles. The molecule has 1 saturated carbocycles. The van der Waals surface area contributed by atoms with Gasteiger partial charge in [0.15, 0.2) is 11.6 Å². The van der Waals surface area contributed by atoms with E-state index in [1.165, 1.54) is 0 Å². The molecule has 1 aromatic rings. The number of benzene rings is 1. The van der Waals surface area contributed by atoms with Crippen LogP contribution in [-0.2, 0) is 0 Å². The third kappa shape index (κ3) is 3.19. The Morgan fingerprint density at radius 3 is 2.35 bits per heavy atom. The average Bonchev–Trinajstić information content (AvgIpc) is 2.83. The number of aliphatic hydroxyl groups is 1. The van der Waals surface area contributed by atoms with E-state index in [4.69, 9.17) is 11.6 Å². The summed E-state index contributed by atoms with van der Waals surface area (Å²) < 4.78 is 27.1. The molecule has 1 aliphatic carbocycles. The van der Waals surface area contributed by atoms with Gasteiger partial charge in [0.2, 0.25) is 0 Å². The van der Waals surface area contributed by atoms with E-state index in [2.05, 4.69) is 10.6 Å². The van der Waals surface area contributed by atoms with E-state index in [1.807, 2.05) is 0 Å². The quantitative estimate of drug-likeness (QED) is 0.804. The number of aliphatic hydroxyl groups excluding tert-OH is 1. The molecule has 2 amide bonds. The monoisotopic (exact) mass is 304 g/mol. The van der Waals surface area contributed by atoms with Crippen LogP contribution in [0.25, 0.3) is 0 Å². The molecule has 1 fully saturated rings. The van der Waals surface area contributed by atoms with E-state index >= 15 is 0 Å². The molecule has 1 aliphatic rings. The van der Waals surface area contributed by atoms with Crippen LogP contribution < -0.4 is 10.6 Å².